The normalized spacial score (nSPS) is 11.2. The quantitative estimate of drug-likeness (QED) is 0.858. The molecule has 0 fully saturated rings. The lowest BCUT2D eigenvalue weighted by molar-refractivity contribution is 0.415. The molecule has 1 N–H and O–H groups in total. The van der Waals surface area contributed by atoms with E-state index in [0.717, 1.165) is 11.4 Å². The van der Waals surface area contributed by atoms with Gasteiger partial charge in [0.15, 0.2) is 0 Å². The van der Waals surface area contributed by atoms with Gasteiger partial charge in [-0.2, -0.15) is 0 Å². The summed E-state index contributed by atoms with van der Waals surface area (Å²) in [6.07, 6.45) is 0. The van der Waals surface area contributed by atoms with Gasteiger partial charge in [-0.15, -0.1) is 0 Å². The molecule has 0 spiro atoms. The number of methoxy groups -OCH3 is 1. The van der Waals surface area contributed by atoms with Crippen LogP contribution in [-0.4, -0.2) is 13.7 Å². The maximum Gasteiger partial charge on any atom is 0.120 e. The minimum atomic E-state index is 0.512. The molecular weight excluding hydrogens is 221 g/mol. The van der Waals surface area contributed by atoms with Crippen LogP contribution in [-0.2, 0) is 0 Å². The molecule has 0 aliphatic carbocycles. The molecule has 0 unspecified atom stereocenters. The van der Waals surface area contributed by atoms with Crippen molar-refractivity contribution in [3.8, 4) is 5.75 Å². The number of ether oxygens (including phenoxy) is 1. The van der Waals surface area contributed by atoms with Crippen LogP contribution in [0.2, 0.25) is 0 Å². The lowest BCUT2D eigenvalue weighted by atomic mass is 10.3. The van der Waals surface area contributed by atoms with Crippen molar-refractivity contribution < 1.29 is 4.74 Å². The third-order valence-corrected chi connectivity index (χ3v) is 2.27. The number of halogens is 2. The van der Waals surface area contributed by atoms with Gasteiger partial charge in [-0.3, -0.25) is 0 Å². The molecule has 0 bridgehead atoms. The molecule has 4 heteroatoms. The molecule has 2 nitrogen and oxygen atoms in total. The van der Waals surface area contributed by atoms with E-state index in [2.05, 4.69) is 5.32 Å². The standard InChI is InChI=1S/C10H11Cl2NO/c1-14-10-4-2-3-9(5-10)13-7-8(12)6-11/h2-6,13H,7H2,1H3. The van der Waals surface area contributed by atoms with E-state index in [1.807, 2.05) is 24.3 Å². The lowest BCUT2D eigenvalue weighted by Gasteiger charge is -2.06. The van der Waals surface area contributed by atoms with Gasteiger partial charge in [-0.1, -0.05) is 29.3 Å². The molecule has 0 aromatic heterocycles. The third-order valence-electron chi connectivity index (χ3n) is 1.65. The SMILES string of the molecule is COc1cccc(NCC(Cl)=CCl)c1. The van der Waals surface area contributed by atoms with Gasteiger partial charge in [0.05, 0.1) is 13.7 Å². The Balaban J connectivity index is 2.58. The van der Waals surface area contributed by atoms with Crippen molar-refractivity contribution >= 4 is 28.9 Å². The summed E-state index contributed by atoms with van der Waals surface area (Å²) in [5, 5.41) is 3.67. The van der Waals surface area contributed by atoms with Crippen LogP contribution < -0.4 is 10.1 Å². The topological polar surface area (TPSA) is 21.3 Å². The molecule has 0 aliphatic rings. The first kappa shape index (κ1) is 11.2. The van der Waals surface area contributed by atoms with Crippen molar-refractivity contribution in [1.29, 1.82) is 0 Å². The molecule has 0 saturated carbocycles. The second kappa shape index (κ2) is 5.78. The summed E-state index contributed by atoms with van der Waals surface area (Å²) >= 11 is 11.1. The highest BCUT2D eigenvalue weighted by molar-refractivity contribution is 6.36. The number of nitrogens with one attached hydrogen (secondary N) is 1. The van der Waals surface area contributed by atoms with Crippen LogP contribution in [0.15, 0.2) is 34.8 Å². The van der Waals surface area contributed by atoms with Gasteiger partial charge in [0.2, 0.25) is 0 Å². The summed E-state index contributed by atoms with van der Waals surface area (Å²) in [6, 6.07) is 7.60. The van der Waals surface area contributed by atoms with E-state index in [1.165, 1.54) is 5.54 Å². The highest BCUT2D eigenvalue weighted by Crippen LogP contribution is 2.17. The summed E-state index contributed by atoms with van der Waals surface area (Å²) in [5.74, 6) is 0.806. The van der Waals surface area contributed by atoms with E-state index in [9.17, 15) is 0 Å². The van der Waals surface area contributed by atoms with Crippen LogP contribution >= 0.6 is 23.2 Å². The fraction of sp³-hybridized carbons (Fsp3) is 0.200. The molecule has 1 rings (SSSR count). The summed E-state index contributed by atoms with van der Waals surface area (Å²) in [6.45, 7) is 0.512. The van der Waals surface area contributed by atoms with Crippen LogP contribution in [0.1, 0.15) is 0 Å². The van der Waals surface area contributed by atoms with Crippen LogP contribution in [0.5, 0.6) is 5.75 Å². The van der Waals surface area contributed by atoms with Crippen molar-refractivity contribution in [2.45, 2.75) is 0 Å². The average Bonchev–Trinajstić information content (AvgIpc) is 2.26. The van der Waals surface area contributed by atoms with E-state index in [1.54, 1.807) is 7.11 Å². The molecule has 0 amide bonds. The summed E-state index contributed by atoms with van der Waals surface area (Å²) < 4.78 is 5.07. The van der Waals surface area contributed by atoms with Crippen molar-refractivity contribution in [1.82, 2.24) is 0 Å². The van der Waals surface area contributed by atoms with Crippen molar-refractivity contribution in [3.05, 3.63) is 34.8 Å². The van der Waals surface area contributed by atoms with Crippen LogP contribution in [0, 0.1) is 0 Å². The van der Waals surface area contributed by atoms with Crippen molar-refractivity contribution in [2.24, 2.45) is 0 Å². The maximum atomic E-state index is 5.72. The third kappa shape index (κ3) is 3.48. The van der Waals surface area contributed by atoms with Gasteiger partial charge in [-0.25, -0.2) is 0 Å². The van der Waals surface area contributed by atoms with Gasteiger partial charge >= 0.3 is 0 Å². The van der Waals surface area contributed by atoms with E-state index in [-0.39, 0.29) is 0 Å². The Bertz CT molecular complexity index is 326. The lowest BCUT2D eigenvalue weighted by Crippen LogP contribution is -2.00. The van der Waals surface area contributed by atoms with Gasteiger partial charge in [-0.05, 0) is 12.1 Å². The smallest absolute Gasteiger partial charge is 0.120 e. The molecule has 14 heavy (non-hydrogen) atoms. The monoisotopic (exact) mass is 231 g/mol. The fourth-order valence-corrected chi connectivity index (χ4v) is 1.10. The summed E-state index contributed by atoms with van der Waals surface area (Å²) in [5.41, 5.74) is 2.29. The summed E-state index contributed by atoms with van der Waals surface area (Å²) in [4.78, 5) is 0. The Hall–Kier alpha value is -0.860. The molecule has 0 aliphatic heterocycles. The minimum absolute atomic E-state index is 0.512. The fourth-order valence-electron chi connectivity index (χ4n) is 0.958. The van der Waals surface area contributed by atoms with Gasteiger partial charge < -0.3 is 10.1 Å². The first-order valence-electron chi connectivity index (χ1n) is 4.09. The predicted octanol–water partition coefficient (Wildman–Crippen LogP) is 3.43. The van der Waals surface area contributed by atoms with Gasteiger partial charge in [0.25, 0.3) is 0 Å². The predicted molar refractivity (Wildman–Crippen MR) is 61.3 cm³/mol. The zero-order valence-electron chi connectivity index (χ0n) is 7.76. The second-order valence-corrected chi connectivity index (χ2v) is 3.35. The second-order valence-electron chi connectivity index (χ2n) is 2.64. The summed E-state index contributed by atoms with van der Waals surface area (Å²) in [7, 11) is 1.63. The zero-order valence-corrected chi connectivity index (χ0v) is 9.27. The van der Waals surface area contributed by atoms with E-state index >= 15 is 0 Å². The molecule has 76 valence electrons. The first-order chi connectivity index (χ1) is 6.76. The number of anilines is 1. The largest absolute Gasteiger partial charge is 0.497 e. The van der Waals surface area contributed by atoms with Gasteiger partial charge in [0.1, 0.15) is 5.75 Å². The Morgan fingerprint density at radius 3 is 3.00 bits per heavy atom. The number of rotatable bonds is 4. The molecule has 1 aromatic carbocycles. The molecule has 0 heterocycles. The molecule has 0 radical (unpaired) electrons. The number of hydrogen-bond acceptors (Lipinski definition) is 2. The maximum absolute atomic E-state index is 5.72. The van der Waals surface area contributed by atoms with Crippen LogP contribution in [0.25, 0.3) is 0 Å². The minimum Gasteiger partial charge on any atom is -0.497 e. The Morgan fingerprint density at radius 2 is 2.36 bits per heavy atom. The van der Waals surface area contributed by atoms with Gasteiger partial charge in [0, 0.05) is 22.3 Å². The Kier molecular flexibility index (Phi) is 4.63. The Labute approximate surface area is 93.5 Å². The molecule has 1 aromatic rings. The molecule has 0 saturated heterocycles. The average molecular weight is 232 g/mol. The van der Waals surface area contributed by atoms with Crippen LogP contribution in [0.3, 0.4) is 0 Å². The first-order valence-corrected chi connectivity index (χ1v) is 4.90. The number of hydrogen-bond donors (Lipinski definition) is 1. The highest BCUT2D eigenvalue weighted by atomic mass is 35.5. The Morgan fingerprint density at radius 1 is 1.57 bits per heavy atom. The highest BCUT2D eigenvalue weighted by Gasteiger charge is 1.95. The van der Waals surface area contributed by atoms with E-state index in [4.69, 9.17) is 27.9 Å². The van der Waals surface area contributed by atoms with Crippen LogP contribution in [0.4, 0.5) is 5.69 Å². The van der Waals surface area contributed by atoms with Crippen molar-refractivity contribution in [2.75, 3.05) is 19.0 Å². The van der Waals surface area contributed by atoms with E-state index < -0.39 is 0 Å². The van der Waals surface area contributed by atoms with Crippen molar-refractivity contribution in [3.63, 3.8) is 0 Å². The van der Waals surface area contributed by atoms with E-state index in [0.29, 0.717) is 11.6 Å². The zero-order chi connectivity index (χ0) is 10.4. The molecule has 0 atom stereocenters. The molecular formula is C10H11Cl2NO. The number of benzene rings is 1.